The molecule has 1 N–H and O–H groups in total. The molecular weight excluding hydrogens is 348 g/mol. The Morgan fingerprint density at radius 1 is 1.24 bits per heavy atom. The Morgan fingerprint density at radius 3 is 2.86 bits per heavy atom. The summed E-state index contributed by atoms with van der Waals surface area (Å²) in [5.74, 6) is 0. The summed E-state index contributed by atoms with van der Waals surface area (Å²) in [6.07, 6.45) is 0. The number of nitrogens with zero attached hydrogens (tertiary/aromatic N) is 1. The van der Waals surface area contributed by atoms with Crippen LogP contribution in [0.2, 0.25) is 5.02 Å². The Bertz CT molecular complexity index is 644. The van der Waals surface area contributed by atoms with Gasteiger partial charge in [0.05, 0.1) is 6.04 Å². The second-order valence-corrected chi connectivity index (χ2v) is 6.66. The highest BCUT2D eigenvalue weighted by atomic mass is 79.9. The monoisotopic (exact) mass is 364 g/mol. The first-order valence-electron chi connectivity index (χ1n) is 7.17. The Labute approximate surface area is 139 Å². The minimum absolute atomic E-state index is 0.242. The molecule has 0 aromatic heterocycles. The smallest absolute Gasteiger partial charge is 0.0529 e. The van der Waals surface area contributed by atoms with Gasteiger partial charge in [0.2, 0.25) is 0 Å². The molecule has 0 amide bonds. The number of hydrogen-bond acceptors (Lipinski definition) is 2. The lowest BCUT2D eigenvalue weighted by Crippen LogP contribution is -2.31. The molecule has 0 fully saturated rings. The second-order valence-electron chi connectivity index (χ2n) is 5.34. The van der Waals surface area contributed by atoms with Crippen molar-refractivity contribution in [2.75, 3.05) is 18.0 Å². The van der Waals surface area contributed by atoms with Crippen LogP contribution in [0.5, 0.6) is 0 Å². The fraction of sp³-hybridized carbons (Fsp3) is 0.294. The Hall–Kier alpha value is -1.03. The van der Waals surface area contributed by atoms with E-state index in [2.05, 4.69) is 69.5 Å². The summed E-state index contributed by atoms with van der Waals surface area (Å²) in [6.45, 7) is 5.10. The molecular formula is C17H18BrClN2. The highest BCUT2D eigenvalue weighted by Gasteiger charge is 2.22. The van der Waals surface area contributed by atoms with E-state index >= 15 is 0 Å². The number of halogens is 2. The topological polar surface area (TPSA) is 15.3 Å². The molecule has 2 aromatic carbocycles. The van der Waals surface area contributed by atoms with Crippen molar-refractivity contribution in [3.8, 4) is 0 Å². The summed E-state index contributed by atoms with van der Waals surface area (Å²) < 4.78 is 1.02. The third-order valence-electron chi connectivity index (χ3n) is 4.03. The molecule has 110 valence electrons. The van der Waals surface area contributed by atoms with Crippen LogP contribution in [0.4, 0.5) is 5.69 Å². The van der Waals surface area contributed by atoms with Gasteiger partial charge in [0.25, 0.3) is 0 Å². The van der Waals surface area contributed by atoms with Crippen molar-refractivity contribution in [1.29, 1.82) is 0 Å². The maximum atomic E-state index is 6.44. The molecule has 4 heteroatoms. The zero-order valence-electron chi connectivity index (χ0n) is 11.9. The lowest BCUT2D eigenvalue weighted by molar-refractivity contribution is 0.639. The second kappa shape index (κ2) is 6.39. The molecule has 3 rings (SSSR count). The van der Waals surface area contributed by atoms with Gasteiger partial charge >= 0.3 is 0 Å². The van der Waals surface area contributed by atoms with Crippen LogP contribution in [0, 0.1) is 0 Å². The van der Waals surface area contributed by atoms with Gasteiger partial charge in [-0.05, 0) is 36.2 Å². The molecule has 0 bridgehead atoms. The number of nitrogens with one attached hydrogen (secondary N) is 1. The zero-order valence-corrected chi connectivity index (χ0v) is 14.3. The van der Waals surface area contributed by atoms with E-state index in [0.29, 0.717) is 0 Å². The maximum absolute atomic E-state index is 6.44. The first-order chi connectivity index (χ1) is 10.2. The molecule has 2 aromatic rings. The van der Waals surface area contributed by atoms with Gasteiger partial charge in [0.1, 0.15) is 0 Å². The molecule has 1 unspecified atom stereocenters. The third kappa shape index (κ3) is 3.10. The van der Waals surface area contributed by atoms with Crippen LogP contribution in [0.15, 0.2) is 46.9 Å². The van der Waals surface area contributed by atoms with E-state index in [1.54, 1.807) is 0 Å². The van der Waals surface area contributed by atoms with E-state index in [9.17, 15) is 0 Å². The molecule has 1 aliphatic heterocycles. The molecule has 1 atom stereocenters. The number of fused-ring (bicyclic) bond motifs is 1. The third-order valence-corrected chi connectivity index (χ3v) is 4.85. The molecule has 1 aliphatic rings. The SMILES string of the molecule is CC(c1ccc(Br)cc1Cl)N1CCNCc2ccccc21. The van der Waals surface area contributed by atoms with Crippen molar-refractivity contribution in [3.05, 3.63) is 63.1 Å². The molecule has 1 heterocycles. The highest BCUT2D eigenvalue weighted by molar-refractivity contribution is 9.10. The number of benzene rings is 2. The molecule has 0 spiro atoms. The molecule has 21 heavy (non-hydrogen) atoms. The summed E-state index contributed by atoms with van der Waals surface area (Å²) in [5.41, 5.74) is 3.81. The standard InChI is InChI=1S/C17H18BrClN2/c1-12(15-7-6-14(18)10-16(15)19)21-9-8-20-11-13-4-2-3-5-17(13)21/h2-7,10,12,20H,8-9,11H2,1H3. The van der Waals surface area contributed by atoms with Gasteiger partial charge in [-0.3, -0.25) is 0 Å². The van der Waals surface area contributed by atoms with Crippen molar-refractivity contribution >= 4 is 33.2 Å². The van der Waals surface area contributed by atoms with Crippen LogP contribution in [0.3, 0.4) is 0 Å². The van der Waals surface area contributed by atoms with Crippen LogP contribution in [-0.4, -0.2) is 13.1 Å². The summed E-state index contributed by atoms with van der Waals surface area (Å²) in [5, 5.41) is 4.29. The molecule has 0 saturated heterocycles. The first kappa shape index (κ1) is 14.9. The van der Waals surface area contributed by atoms with Crippen LogP contribution < -0.4 is 10.2 Å². The summed E-state index contributed by atoms with van der Waals surface area (Å²) >= 11 is 9.91. The highest BCUT2D eigenvalue weighted by Crippen LogP contribution is 2.34. The van der Waals surface area contributed by atoms with Crippen LogP contribution in [0.1, 0.15) is 24.1 Å². The molecule has 0 radical (unpaired) electrons. The zero-order chi connectivity index (χ0) is 14.8. The first-order valence-corrected chi connectivity index (χ1v) is 8.34. The molecule has 0 aliphatic carbocycles. The average molecular weight is 366 g/mol. The minimum Gasteiger partial charge on any atom is -0.363 e. The van der Waals surface area contributed by atoms with Crippen molar-refractivity contribution in [2.24, 2.45) is 0 Å². The van der Waals surface area contributed by atoms with Gasteiger partial charge in [0, 0.05) is 34.8 Å². The van der Waals surface area contributed by atoms with Crippen molar-refractivity contribution < 1.29 is 0 Å². The van der Waals surface area contributed by atoms with Crippen molar-refractivity contribution in [2.45, 2.75) is 19.5 Å². The average Bonchev–Trinajstić information content (AvgIpc) is 2.69. The van der Waals surface area contributed by atoms with Crippen LogP contribution in [-0.2, 0) is 6.54 Å². The maximum Gasteiger partial charge on any atom is 0.0529 e. The Morgan fingerprint density at radius 2 is 2.05 bits per heavy atom. The van der Waals surface area contributed by atoms with Crippen LogP contribution in [0.25, 0.3) is 0 Å². The van der Waals surface area contributed by atoms with Crippen molar-refractivity contribution in [1.82, 2.24) is 5.32 Å². The summed E-state index contributed by atoms with van der Waals surface area (Å²) in [6, 6.07) is 15.0. The lowest BCUT2D eigenvalue weighted by Gasteiger charge is -2.32. The van der Waals surface area contributed by atoms with Crippen LogP contribution >= 0.6 is 27.5 Å². The summed E-state index contributed by atoms with van der Waals surface area (Å²) in [7, 11) is 0. The lowest BCUT2D eigenvalue weighted by atomic mass is 10.0. The molecule has 0 saturated carbocycles. The Balaban J connectivity index is 1.99. The largest absolute Gasteiger partial charge is 0.363 e. The van der Waals surface area contributed by atoms with E-state index in [4.69, 9.17) is 11.6 Å². The fourth-order valence-electron chi connectivity index (χ4n) is 2.89. The quantitative estimate of drug-likeness (QED) is 0.824. The predicted octanol–water partition coefficient (Wildman–Crippen LogP) is 4.77. The van der Waals surface area contributed by atoms with E-state index < -0.39 is 0 Å². The van der Waals surface area contributed by atoms with E-state index in [-0.39, 0.29) is 6.04 Å². The van der Waals surface area contributed by atoms with Gasteiger partial charge < -0.3 is 10.2 Å². The number of rotatable bonds is 2. The van der Waals surface area contributed by atoms with Crippen molar-refractivity contribution in [3.63, 3.8) is 0 Å². The van der Waals surface area contributed by atoms with E-state index in [1.165, 1.54) is 11.3 Å². The fourth-order valence-corrected chi connectivity index (χ4v) is 3.73. The predicted molar refractivity (Wildman–Crippen MR) is 93.1 cm³/mol. The van der Waals surface area contributed by atoms with Gasteiger partial charge in [0.15, 0.2) is 0 Å². The van der Waals surface area contributed by atoms with E-state index in [1.807, 2.05) is 6.07 Å². The number of para-hydroxylation sites is 1. The minimum atomic E-state index is 0.242. The van der Waals surface area contributed by atoms with Gasteiger partial charge in [-0.25, -0.2) is 0 Å². The number of hydrogen-bond donors (Lipinski definition) is 1. The van der Waals surface area contributed by atoms with Gasteiger partial charge in [-0.1, -0.05) is 51.8 Å². The summed E-state index contributed by atoms with van der Waals surface area (Å²) in [4.78, 5) is 2.43. The Kier molecular flexibility index (Phi) is 4.53. The van der Waals surface area contributed by atoms with Gasteiger partial charge in [-0.15, -0.1) is 0 Å². The van der Waals surface area contributed by atoms with E-state index in [0.717, 1.165) is 34.7 Å². The number of anilines is 1. The van der Waals surface area contributed by atoms with Gasteiger partial charge in [-0.2, -0.15) is 0 Å². The molecule has 2 nitrogen and oxygen atoms in total. The normalized spacial score (nSPS) is 16.2.